The van der Waals surface area contributed by atoms with Crippen molar-refractivity contribution in [3.8, 4) is 5.75 Å². The Morgan fingerprint density at radius 3 is 2.83 bits per heavy atom. The lowest BCUT2D eigenvalue weighted by Crippen LogP contribution is -1.95. The largest absolute Gasteiger partial charge is 0.492 e. The Bertz CT molecular complexity index is 263. The summed E-state index contributed by atoms with van der Waals surface area (Å²) in [6.45, 7) is 2.77. The maximum Gasteiger partial charge on any atom is 0.137 e. The van der Waals surface area contributed by atoms with Gasteiger partial charge in [-0.1, -0.05) is 34.5 Å². The molecular formula is C9H10BrClO. The van der Waals surface area contributed by atoms with Crippen LogP contribution < -0.4 is 4.74 Å². The molecule has 0 atom stereocenters. The Hall–Kier alpha value is -0.210. The lowest BCUT2D eigenvalue weighted by molar-refractivity contribution is 0.317. The SMILES string of the molecule is CCCOc1ccc(Br)cc1Cl. The maximum atomic E-state index is 5.91. The average Bonchev–Trinajstić information content (AvgIpc) is 2.03. The van der Waals surface area contributed by atoms with Gasteiger partial charge in [-0.3, -0.25) is 0 Å². The highest BCUT2D eigenvalue weighted by atomic mass is 79.9. The van der Waals surface area contributed by atoms with Crippen molar-refractivity contribution in [3.63, 3.8) is 0 Å². The summed E-state index contributed by atoms with van der Waals surface area (Å²) in [5.41, 5.74) is 0. The standard InChI is InChI=1S/C9H10BrClO/c1-2-5-12-9-4-3-7(10)6-8(9)11/h3-4,6H,2,5H2,1H3. The molecule has 1 nitrogen and oxygen atoms in total. The molecule has 66 valence electrons. The van der Waals surface area contributed by atoms with E-state index in [0.717, 1.165) is 16.6 Å². The first kappa shape index (κ1) is 9.87. The lowest BCUT2D eigenvalue weighted by Gasteiger charge is -2.05. The highest BCUT2D eigenvalue weighted by Crippen LogP contribution is 2.27. The summed E-state index contributed by atoms with van der Waals surface area (Å²) < 4.78 is 6.36. The van der Waals surface area contributed by atoms with Crippen LogP contribution in [0.2, 0.25) is 5.02 Å². The first-order valence-corrected chi connectivity index (χ1v) is 4.99. The fourth-order valence-corrected chi connectivity index (χ4v) is 1.53. The highest BCUT2D eigenvalue weighted by Gasteiger charge is 2.00. The first-order chi connectivity index (χ1) is 5.74. The quantitative estimate of drug-likeness (QED) is 0.790. The normalized spacial score (nSPS) is 9.92. The third-order valence-corrected chi connectivity index (χ3v) is 2.14. The topological polar surface area (TPSA) is 9.23 Å². The van der Waals surface area contributed by atoms with Gasteiger partial charge in [-0.25, -0.2) is 0 Å². The minimum Gasteiger partial charge on any atom is -0.492 e. The van der Waals surface area contributed by atoms with Crippen molar-refractivity contribution >= 4 is 27.5 Å². The molecule has 0 fully saturated rings. The summed E-state index contributed by atoms with van der Waals surface area (Å²) >= 11 is 9.23. The summed E-state index contributed by atoms with van der Waals surface area (Å²) in [7, 11) is 0. The molecule has 0 spiro atoms. The molecule has 12 heavy (non-hydrogen) atoms. The molecule has 0 aliphatic rings. The van der Waals surface area contributed by atoms with E-state index in [-0.39, 0.29) is 0 Å². The molecule has 0 unspecified atom stereocenters. The van der Waals surface area contributed by atoms with Gasteiger partial charge in [0, 0.05) is 4.47 Å². The van der Waals surface area contributed by atoms with Crippen molar-refractivity contribution in [2.24, 2.45) is 0 Å². The van der Waals surface area contributed by atoms with Crippen LogP contribution in [-0.2, 0) is 0 Å². The molecule has 0 amide bonds. The van der Waals surface area contributed by atoms with Crippen molar-refractivity contribution in [3.05, 3.63) is 27.7 Å². The Labute approximate surface area is 85.8 Å². The van der Waals surface area contributed by atoms with E-state index in [2.05, 4.69) is 22.9 Å². The van der Waals surface area contributed by atoms with Gasteiger partial charge in [0.05, 0.1) is 11.6 Å². The van der Waals surface area contributed by atoms with E-state index in [1.807, 2.05) is 18.2 Å². The maximum absolute atomic E-state index is 5.91. The Morgan fingerprint density at radius 1 is 1.50 bits per heavy atom. The van der Waals surface area contributed by atoms with Gasteiger partial charge in [0.15, 0.2) is 0 Å². The van der Waals surface area contributed by atoms with Gasteiger partial charge in [0.2, 0.25) is 0 Å². The van der Waals surface area contributed by atoms with Gasteiger partial charge < -0.3 is 4.74 Å². The molecule has 1 aromatic rings. The molecule has 0 radical (unpaired) electrons. The van der Waals surface area contributed by atoms with Crippen LogP contribution in [0.15, 0.2) is 22.7 Å². The van der Waals surface area contributed by atoms with Crippen LogP contribution in [0.4, 0.5) is 0 Å². The van der Waals surface area contributed by atoms with Crippen molar-refractivity contribution in [2.75, 3.05) is 6.61 Å². The van der Waals surface area contributed by atoms with Gasteiger partial charge in [-0.2, -0.15) is 0 Å². The van der Waals surface area contributed by atoms with Gasteiger partial charge in [0.25, 0.3) is 0 Å². The number of benzene rings is 1. The Morgan fingerprint density at radius 2 is 2.25 bits per heavy atom. The molecule has 0 saturated heterocycles. The van der Waals surface area contributed by atoms with Crippen LogP contribution in [0.1, 0.15) is 13.3 Å². The monoisotopic (exact) mass is 248 g/mol. The van der Waals surface area contributed by atoms with Crippen LogP contribution >= 0.6 is 27.5 Å². The van der Waals surface area contributed by atoms with E-state index in [1.165, 1.54) is 0 Å². The molecule has 0 aromatic heterocycles. The zero-order valence-corrected chi connectivity index (χ0v) is 9.15. The van der Waals surface area contributed by atoms with Crippen LogP contribution in [0.25, 0.3) is 0 Å². The molecule has 0 heterocycles. The second-order valence-corrected chi connectivity index (χ2v) is 3.75. The first-order valence-electron chi connectivity index (χ1n) is 3.82. The Kier molecular flexibility index (Phi) is 3.89. The molecule has 1 aromatic carbocycles. The predicted octanol–water partition coefficient (Wildman–Crippen LogP) is 3.89. The van der Waals surface area contributed by atoms with Gasteiger partial charge in [-0.15, -0.1) is 0 Å². The third kappa shape index (κ3) is 2.68. The van der Waals surface area contributed by atoms with Crippen LogP contribution in [-0.4, -0.2) is 6.61 Å². The van der Waals surface area contributed by atoms with E-state index in [4.69, 9.17) is 16.3 Å². The number of hydrogen-bond donors (Lipinski definition) is 0. The van der Waals surface area contributed by atoms with Gasteiger partial charge in [0.1, 0.15) is 5.75 Å². The minimum atomic E-state index is 0.651. The van der Waals surface area contributed by atoms with Crippen molar-refractivity contribution in [1.82, 2.24) is 0 Å². The summed E-state index contributed by atoms with van der Waals surface area (Å²) in [4.78, 5) is 0. The van der Waals surface area contributed by atoms with Crippen molar-refractivity contribution < 1.29 is 4.74 Å². The summed E-state index contributed by atoms with van der Waals surface area (Å²) in [5, 5.41) is 0.651. The molecule has 0 bridgehead atoms. The average molecular weight is 250 g/mol. The molecule has 3 heteroatoms. The number of halogens is 2. The fraction of sp³-hybridized carbons (Fsp3) is 0.333. The zero-order valence-electron chi connectivity index (χ0n) is 6.81. The van der Waals surface area contributed by atoms with Crippen LogP contribution in [0.5, 0.6) is 5.75 Å². The third-order valence-electron chi connectivity index (χ3n) is 1.36. The number of rotatable bonds is 3. The van der Waals surface area contributed by atoms with E-state index < -0.39 is 0 Å². The second kappa shape index (κ2) is 4.73. The number of ether oxygens (including phenoxy) is 1. The number of hydrogen-bond acceptors (Lipinski definition) is 1. The predicted molar refractivity (Wildman–Crippen MR) is 54.9 cm³/mol. The minimum absolute atomic E-state index is 0.651. The van der Waals surface area contributed by atoms with E-state index >= 15 is 0 Å². The van der Waals surface area contributed by atoms with Gasteiger partial charge in [-0.05, 0) is 24.6 Å². The molecule has 0 N–H and O–H groups in total. The van der Waals surface area contributed by atoms with Gasteiger partial charge >= 0.3 is 0 Å². The summed E-state index contributed by atoms with van der Waals surface area (Å²) in [6.07, 6.45) is 0.992. The molecular weight excluding hydrogens is 239 g/mol. The smallest absolute Gasteiger partial charge is 0.137 e. The lowest BCUT2D eigenvalue weighted by atomic mass is 10.3. The summed E-state index contributed by atoms with van der Waals surface area (Å²) in [6, 6.07) is 5.60. The van der Waals surface area contributed by atoms with E-state index in [1.54, 1.807) is 0 Å². The summed E-state index contributed by atoms with van der Waals surface area (Å²) in [5.74, 6) is 0.752. The molecule has 0 saturated carbocycles. The van der Waals surface area contributed by atoms with Crippen LogP contribution in [0, 0.1) is 0 Å². The molecule has 0 aliphatic carbocycles. The van der Waals surface area contributed by atoms with Crippen molar-refractivity contribution in [2.45, 2.75) is 13.3 Å². The van der Waals surface area contributed by atoms with Crippen molar-refractivity contribution in [1.29, 1.82) is 0 Å². The van der Waals surface area contributed by atoms with Crippen LogP contribution in [0.3, 0.4) is 0 Å². The second-order valence-electron chi connectivity index (χ2n) is 2.42. The molecule has 0 aliphatic heterocycles. The highest BCUT2D eigenvalue weighted by molar-refractivity contribution is 9.10. The zero-order chi connectivity index (χ0) is 8.97. The Balaban J connectivity index is 2.72. The molecule has 1 rings (SSSR count). The van der Waals surface area contributed by atoms with E-state index in [0.29, 0.717) is 11.6 Å². The fourth-order valence-electron chi connectivity index (χ4n) is 0.804. The van der Waals surface area contributed by atoms with E-state index in [9.17, 15) is 0 Å².